The fraction of sp³-hybridized carbons (Fsp3) is 0.533. The molecule has 19 heavy (non-hydrogen) atoms. The van der Waals surface area contributed by atoms with Gasteiger partial charge in [0.15, 0.2) is 0 Å². The third-order valence-electron chi connectivity index (χ3n) is 3.48. The molecule has 0 radical (unpaired) electrons. The van der Waals surface area contributed by atoms with Crippen molar-refractivity contribution in [2.75, 3.05) is 25.4 Å². The van der Waals surface area contributed by atoms with Crippen molar-refractivity contribution in [3.05, 3.63) is 24.3 Å². The van der Waals surface area contributed by atoms with Gasteiger partial charge >= 0.3 is 0 Å². The molecule has 4 nitrogen and oxygen atoms in total. The molecule has 1 aliphatic rings. The Balaban J connectivity index is 1.75. The van der Waals surface area contributed by atoms with Gasteiger partial charge in [0.05, 0.1) is 6.54 Å². The van der Waals surface area contributed by atoms with Gasteiger partial charge in [-0.15, -0.1) is 0 Å². The predicted octanol–water partition coefficient (Wildman–Crippen LogP) is 2.30. The van der Waals surface area contributed by atoms with Crippen molar-refractivity contribution in [2.45, 2.75) is 26.2 Å². The van der Waals surface area contributed by atoms with Crippen molar-refractivity contribution in [1.82, 2.24) is 4.90 Å². The molecule has 1 saturated heterocycles. The van der Waals surface area contributed by atoms with Crippen molar-refractivity contribution in [2.24, 2.45) is 5.92 Å². The number of benzene rings is 1. The Morgan fingerprint density at radius 1 is 1.47 bits per heavy atom. The third-order valence-corrected chi connectivity index (χ3v) is 3.48. The second-order valence-electron chi connectivity index (χ2n) is 5.12. The molecule has 2 rings (SSSR count). The number of nitrogens with two attached hydrogens (primary N) is 1. The summed E-state index contributed by atoms with van der Waals surface area (Å²) in [5, 5.41) is 0. The minimum Gasteiger partial charge on any atom is -0.492 e. The topological polar surface area (TPSA) is 55.6 Å². The zero-order valence-corrected chi connectivity index (χ0v) is 11.5. The number of nitrogen functional groups attached to an aromatic ring is 1. The minimum absolute atomic E-state index is 0.259. The van der Waals surface area contributed by atoms with E-state index in [9.17, 15) is 4.79 Å². The maximum absolute atomic E-state index is 11.8. The standard InChI is InChI=1S/C15H22N2O2/c1-2-4-12-9-15(18)17(11-12)7-8-19-14-6-3-5-13(16)10-14/h3,5-6,10,12H,2,4,7-9,11,16H2,1H3. The molecule has 0 bridgehead atoms. The van der Waals surface area contributed by atoms with E-state index in [0.29, 0.717) is 31.2 Å². The van der Waals surface area contributed by atoms with Crippen LogP contribution < -0.4 is 10.5 Å². The van der Waals surface area contributed by atoms with E-state index in [1.54, 1.807) is 6.07 Å². The zero-order chi connectivity index (χ0) is 13.7. The fourth-order valence-electron chi connectivity index (χ4n) is 2.55. The number of nitrogens with zero attached hydrogens (tertiary/aromatic N) is 1. The summed E-state index contributed by atoms with van der Waals surface area (Å²) in [7, 11) is 0. The summed E-state index contributed by atoms with van der Waals surface area (Å²) in [6.45, 7) is 4.23. The van der Waals surface area contributed by atoms with Gasteiger partial charge in [-0.2, -0.15) is 0 Å². The number of amides is 1. The Hall–Kier alpha value is -1.71. The Bertz CT molecular complexity index is 434. The molecule has 0 spiro atoms. The molecule has 1 fully saturated rings. The SMILES string of the molecule is CCCC1CC(=O)N(CCOc2cccc(N)c2)C1. The molecule has 1 heterocycles. The molecule has 0 aliphatic carbocycles. The first-order valence-electron chi connectivity index (χ1n) is 6.95. The number of carbonyl (C=O) groups is 1. The van der Waals surface area contributed by atoms with E-state index in [4.69, 9.17) is 10.5 Å². The van der Waals surface area contributed by atoms with E-state index in [-0.39, 0.29) is 5.91 Å². The first-order valence-corrected chi connectivity index (χ1v) is 6.95. The monoisotopic (exact) mass is 262 g/mol. The van der Waals surface area contributed by atoms with Crippen molar-refractivity contribution >= 4 is 11.6 Å². The summed E-state index contributed by atoms with van der Waals surface area (Å²) in [5.74, 6) is 1.55. The van der Waals surface area contributed by atoms with Crippen LogP contribution in [0.25, 0.3) is 0 Å². The van der Waals surface area contributed by atoms with Gasteiger partial charge in [0.2, 0.25) is 5.91 Å². The van der Waals surface area contributed by atoms with E-state index in [0.717, 1.165) is 25.1 Å². The highest BCUT2D eigenvalue weighted by Gasteiger charge is 2.28. The van der Waals surface area contributed by atoms with E-state index < -0.39 is 0 Å². The Kier molecular flexibility index (Phi) is 4.66. The highest BCUT2D eigenvalue weighted by molar-refractivity contribution is 5.78. The summed E-state index contributed by atoms with van der Waals surface area (Å²) >= 11 is 0. The third kappa shape index (κ3) is 3.88. The van der Waals surface area contributed by atoms with Crippen LogP contribution in [0.15, 0.2) is 24.3 Å². The first kappa shape index (κ1) is 13.7. The number of hydrogen-bond acceptors (Lipinski definition) is 3. The van der Waals surface area contributed by atoms with Gasteiger partial charge in [-0.25, -0.2) is 0 Å². The van der Waals surface area contributed by atoms with E-state index in [1.165, 1.54) is 0 Å². The van der Waals surface area contributed by atoms with Crippen molar-refractivity contribution in [3.63, 3.8) is 0 Å². The molecular weight excluding hydrogens is 240 g/mol. The smallest absolute Gasteiger partial charge is 0.223 e. The van der Waals surface area contributed by atoms with Crippen LogP contribution in [0.4, 0.5) is 5.69 Å². The van der Waals surface area contributed by atoms with Crippen LogP contribution in [-0.2, 0) is 4.79 Å². The summed E-state index contributed by atoms with van der Waals surface area (Å²) < 4.78 is 5.62. The maximum atomic E-state index is 11.8. The largest absolute Gasteiger partial charge is 0.492 e. The average Bonchev–Trinajstić information content (AvgIpc) is 2.71. The number of anilines is 1. The molecule has 1 aromatic rings. The highest BCUT2D eigenvalue weighted by Crippen LogP contribution is 2.22. The van der Waals surface area contributed by atoms with Gasteiger partial charge in [-0.3, -0.25) is 4.79 Å². The van der Waals surface area contributed by atoms with E-state index >= 15 is 0 Å². The van der Waals surface area contributed by atoms with E-state index in [1.807, 2.05) is 23.1 Å². The molecule has 104 valence electrons. The van der Waals surface area contributed by atoms with Crippen LogP contribution in [0, 0.1) is 5.92 Å². The van der Waals surface area contributed by atoms with Gasteiger partial charge in [0, 0.05) is 24.7 Å². The molecule has 2 N–H and O–H groups in total. The summed E-state index contributed by atoms with van der Waals surface area (Å²) in [4.78, 5) is 13.7. The van der Waals surface area contributed by atoms with Crippen LogP contribution in [-0.4, -0.2) is 30.5 Å². The predicted molar refractivity (Wildman–Crippen MR) is 75.9 cm³/mol. The van der Waals surface area contributed by atoms with Crippen molar-refractivity contribution < 1.29 is 9.53 Å². The van der Waals surface area contributed by atoms with Crippen LogP contribution in [0.5, 0.6) is 5.75 Å². The molecule has 1 amide bonds. The maximum Gasteiger partial charge on any atom is 0.223 e. The zero-order valence-electron chi connectivity index (χ0n) is 11.5. The Morgan fingerprint density at radius 2 is 2.32 bits per heavy atom. The molecule has 0 aromatic heterocycles. The molecule has 1 aromatic carbocycles. The lowest BCUT2D eigenvalue weighted by molar-refractivity contribution is -0.128. The second-order valence-corrected chi connectivity index (χ2v) is 5.12. The van der Waals surface area contributed by atoms with Gasteiger partial charge in [-0.1, -0.05) is 19.4 Å². The normalized spacial score (nSPS) is 18.9. The first-order chi connectivity index (χ1) is 9.19. The van der Waals surface area contributed by atoms with Crippen molar-refractivity contribution in [3.8, 4) is 5.75 Å². The molecule has 1 atom stereocenters. The Morgan fingerprint density at radius 3 is 3.05 bits per heavy atom. The summed E-state index contributed by atoms with van der Waals surface area (Å²) in [6.07, 6.45) is 2.98. The summed E-state index contributed by atoms with van der Waals surface area (Å²) in [6, 6.07) is 7.36. The quantitative estimate of drug-likeness (QED) is 0.800. The van der Waals surface area contributed by atoms with Gasteiger partial charge < -0.3 is 15.4 Å². The number of likely N-dealkylation sites (tertiary alicyclic amines) is 1. The van der Waals surface area contributed by atoms with Crippen LogP contribution in [0.3, 0.4) is 0 Å². The second kappa shape index (κ2) is 6.45. The molecule has 1 aliphatic heterocycles. The van der Waals surface area contributed by atoms with Crippen LogP contribution in [0.1, 0.15) is 26.2 Å². The molecular formula is C15H22N2O2. The number of ether oxygens (including phenoxy) is 1. The fourth-order valence-corrected chi connectivity index (χ4v) is 2.55. The van der Waals surface area contributed by atoms with Gasteiger partial charge in [0.25, 0.3) is 0 Å². The molecule has 1 unspecified atom stereocenters. The number of rotatable bonds is 6. The Labute approximate surface area is 114 Å². The molecule has 0 saturated carbocycles. The van der Waals surface area contributed by atoms with Gasteiger partial charge in [0.1, 0.15) is 12.4 Å². The molecule has 4 heteroatoms. The van der Waals surface area contributed by atoms with Crippen molar-refractivity contribution in [1.29, 1.82) is 0 Å². The average molecular weight is 262 g/mol. The van der Waals surface area contributed by atoms with E-state index in [2.05, 4.69) is 6.92 Å². The minimum atomic E-state index is 0.259. The summed E-state index contributed by atoms with van der Waals surface area (Å²) in [5.41, 5.74) is 6.37. The lowest BCUT2D eigenvalue weighted by atomic mass is 10.0. The number of hydrogen-bond donors (Lipinski definition) is 1. The van der Waals surface area contributed by atoms with Crippen LogP contribution in [0.2, 0.25) is 0 Å². The van der Waals surface area contributed by atoms with Crippen LogP contribution >= 0.6 is 0 Å². The lowest BCUT2D eigenvalue weighted by Crippen LogP contribution is -2.29. The van der Waals surface area contributed by atoms with Gasteiger partial charge in [-0.05, 0) is 24.5 Å². The number of carbonyl (C=O) groups excluding carboxylic acids is 1. The highest BCUT2D eigenvalue weighted by atomic mass is 16.5. The lowest BCUT2D eigenvalue weighted by Gasteiger charge is -2.17.